The third-order valence-corrected chi connectivity index (χ3v) is 3.67. The minimum Gasteiger partial charge on any atom is -0.465 e. The molecule has 1 aliphatic carbocycles. The maximum atomic E-state index is 11.8. The summed E-state index contributed by atoms with van der Waals surface area (Å²) in [5.41, 5.74) is 0.370. The van der Waals surface area contributed by atoms with Crippen LogP contribution in [0, 0.1) is 5.41 Å². The second-order valence-electron chi connectivity index (χ2n) is 5.22. The highest BCUT2D eigenvalue weighted by atomic mass is 16.5. The second-order valence-corrected chi connectivity index (χ2v) is 5.22. The highest BCUT2D eigenvalue weighted by Gasteiger charge is 2.42. The molecular weight excluding hydrogens is 230 g/mol. The van der Waals surface area contributed by atoms with Crippen molar-refractivity contribution < 1.29 is 14.3 Å². The Bertz CT molecular complexity index is 251. The van der Waals surface area contributed by atoms with Crippen LogP contribution in [0.1, 0.15) is 46.0 Å². The van der Waals surface area contributed by atoms with E-state index in [1.165, 1.54) is 12.8 Å². The van der Waals surface area contributed by atoms with Crippen molar-refractivity contribution in [2.75, 3.05) is 26.9 Å². The second kappa shape index (κ2) is 7.74. The maximum Gasteiger partial charge on any atom is 0.323 e. The molecule has 1 rings (SSSR count). The zero-order valence-electron chi connectivity index (χ0n) is 12.0. The van der Waals surface area contributed by atoms with Gasteiger partial charge in [-0.25, -0.2) is 0 Å². The molecule has 0 heterocycles. The normalized spacial score (nSPS) is 18.4. The van der Waals surface area contributed by atoms with E-state index in [0.717, 1.165) is 32.4 Å². The summed E-state index contributed by atoms with van der Waals surface area (Å²) in [6, 6.07) is -0.144. The first-order valence-electron chi connectivity index (χ1n) is 7.06. The van der Waals surface area contributed by atoms with Crippen molar-refractivity contribution >= 4 is 5.97 Å². The molecule has 1 atom stereocenters. The number of hydrogen-bond donors (Lipinski definition) is 1. The van der Waals surface area contributed by atoms with Crippen molar-refractivity contribution in [3.8, 4) is 0 Å². The molecule has 106 valence electrons. The third-order valence-electron chi connectivity index (χ3n) is 3.67. The average molecular weight is 257 g/mol. The topological polar surface area (TPSA) is 47.6 Å². The van der Waals surface area contributed by atoms with Gasteiger partial charge < -0.3 is 14.8 Å². The number of hydrogen-bond acceptors (Lipinski definition) is 4. The van der Waals surface area contributed by atoms with Crippen LogP contribution in [-0.4, -0.2) is 38.9 Å². The number of carbonyl (C=O) groups excluding carboxylic acids is 1. The van der Waals surface area contributed by atoms with Gasteiger partial charge in [0.05, 0.1) is 6.61 Å². The van der Waals surface area contributed by atoms with Crippen molar-refractivity contribution in [3.63, 3.8) is 0 Å². The quantitative estimate of drug-likeness (QED) is 0.609. The van der Waals surface area contributed by atoms with Crippen LogP contribution < -0.4 is 5.32 Å². The zero-order valence-corrected chi connectivity index (χ0v) is 12.0. The Morgan fingerprint density at radius 1 is 1.39 bits per heavy atom. The maximum absolute atomic E-state index is 11.8. The van der Waals surface area contributed by atoms with Crippen molar-refractivity contribution in [2.45, 2.75) is 52.0 Å². The summed E-state index contributed by atoms with van der Waals surface area (Å²) in [6.07, 6.45) is 5.40. The molecule has 1 aliphatic rings. The Morgan fingerprint density at radius 3 is 2.61 bits per heavy atom. The smallest absolute Gasteiger partial charge is 0.323 e. The van der Waals surface area contributed by atoms with Crippen LogP contribution in [0.2, 0.25) is 0 Å². The molecule has 0 saturated heterocycles. The Morgan fingerprint density at radius 2 is 2.11 bits per heavy atom. The number of ether oxygens (including phenoxy) is 2. The van der Waals surface area contributed by atoms with Gasteiger partial charge in [-0.1, -0.05) is 13.3 Å². The SMILES string of the molecule is CCCC(NCC1(CCOC)CC1)C(=O)OCC. The Balaban J connectivity index is 2.35. The summed E-state index contributed by atoms with van der Waals surface area (Å²) in [5, 5.41) is 3.39. The minimum absolute atomic E-state index is 0.109. The fraction of sp³-hybridized carbons (Fsp3) is 0.929. The number of esters is 1. The van der Waals surface area contributed by atoms with Crippen molar-refractivity contribution in [2.24, 2.45) is 5.41 Å². The Kier molecular flexibility index (Phi) is 6.65. The molecule has 0 bridgehead atoms. The molecule has 0 aromatic carbocycles. The van der Waals surface area contributed by atoms with E-state index in [4.69, 9.17) is 9.47 Å². The molecule has 0 aliphatic heterocycles. The molecule has 1 fully saturated rings. The first-order chi connectivity index (χ1) is 8.67. The first kappa shape index (κ1) is 15.4. The Hall–Kier alpha value is -0.610. The van der Waals surface area contributed by atoms with E-state index < -0.39 is 0 Å². The molecule has 0 spiro atoms. The average Bonchev–Trinajstić information content (AvgIpc) is 3.13. The lowest BCUT2D eigenvalue weighted by Crippen LogP contribution is -2.41. The lowest BCUT2D eigenvalue weighted by atomic mass is 10.0. The summed E-state index contributed by atoms with van der Waals surface area (Å²) < 4.78 is 10.2. The van der Waals surface area contributed by atoms with E-state index in [9.17, 15) is 4.79 Å². The molecule has 0 radical (unpaired) electrons. The molecule has 1 N–H and O–H groups in total. The fourth-order valence-electron chi connectivity index (χ4n) is 2.18. The van der Waals surface area contributed by atoms with Gasteiger partial charge >= 0.3 is 5.97 Å². The lowest BCUT2D eigenvalue weighted by molar-refractivity contribution is -0.145. The molecular formula is C14H27NO3. The van der Waals surface area contributed by atoms with Gasteiger partial charge in [0.15, 0.2) is 0 Å². The van der Waals surface area contributed by atoms with E-state index in [1.807, 2.05) is 6.92 Å². The van der Waals surface area contributed by atoms with Gasteiger partial charge in [0.2, 0.25) is 0 Å². The van der Waals surface area contributed by atoms with Crippen molar-refractivity contribution in [1.82, 2.24) is 5.32 Å². The van der Waals surface area contributed by atoms with E-state index in [-0.39, 0.29) is 12.0 Å². The molecule has 1 unspecified atom stereocenters. The van der Waals surface area contributed by atoms with Crippen LogP contribution in [0.15, 0.2) is 0 Å². The van der Waals surface area contributed by atoms with Gasteiger partial charge in [-0.2, -0.15) is 0 Å². The zero-order chi connectivity index (χ0) is 13.4. The predicted molar refractivity (Wildman–Crippen MR) is 71.5 cm³/mol. The van der Waals surface area contributed by atoms with E-state index >= 15 is 0 Å². The van der Waals surface area contributed by atoms with Crippen LogP contribution >= 0.6 is 0 Å². The molecule has 4 heteroatoms. The summed E-state index contributed by atoms with van der Waals surface area (Å²) in [6.45, 7) is 6.10. The first-order valence-corrected chi connectivity index (χ1v) is 7.06. The largest absolute Gasteiger partial charge is 0.465 e. The molecule has 1 saturated carbocycles. The lowest BCUT2D eigenvalue weighted by Gasteiger charge is -2.21. The van der Waals surface area contributed by atoms with Crippen LogP contribution in [0.25, 0.3) is 0 Å². The van der Waals surface area contributed by atoms with Gasteiger partial charge in [0.25, 0.3) is 0 Å². The van der Waals surface area contributed by atoms with Gasteiger partial charge in [-0.15, -0.1) is 0 Å². The van der Waals surface area contributed by atoms with Crippen LogP contribution in [0.4, 0.5) is 0 Å². The molecule has 0 amide bonds. The minimum atomic E-state index is -0.144. The monoisotopic (exact) mass is 257 g/mol. The number of carbonyl (C=O) groups is 1. The number of rotatable bonds is 10. The molecule has 18 heavy (non-hydrogen) atoms. The van der Waals surface area contributed by atoms with Gasteiger partial charge in [-0.3, -0.25) is 4.79 Å². The van der Waals surface area contributed by atoms with Crippen LogP contribution in [-0.2, 0) is 14.3 Å². The summed E-state index contributed by atoms with van der Waals surface area (Å²) >= 11 is 0. The molecule has 0 aromatic rings. The third kappa shape index (κ3) is 4.94. The molecule has 0 aromatic heterocycles. The predicted octanol–water partition coefficient (Wildman–Crippen LogP) is 2.12. The number of methoxy groups -OCH3 is 1. The van der Waals surface area contributed by atoms with Crippen molar-refractivity contribution in [3.05, 3.63) is 0 Å². The van der Waals surface area contributed by atoms with Crippen LogP contribution in [0.3, 0.4) is 0 Å². The Labute approximate surface area is 110 Å². The van der Waals surface area contributed by atoms with Gasteiger partial charge in [0, 0.05) is 20.3 Å². The fourth-order valence-corrected chi connectivity index (χ4v) is 2.18. The van der Waals surface area contributed by atoms with E-state index in [2.05, 4.69) is 12.2 Å². The summed E-state index contributed by atoms with van der Waals surface area (Å²) in [5.74, 6) is -0.109. The highest BCUT2D eigenvalue weighted by molar-refractivity contribution is 5.75. The van der Waals surface area contributed by atoms with Gasteiger partial charge in [0.1, 0.15) is 6.04 Å². The van der Waals surface area contributed by atoms with Crippen molar-refractivity contribution in [1.29, 1.82) is 0 Å². The number of nitrogens with one attached hydrogen (secondary N) is 1. The summed E-state index contributed by atoms with van der Waals surface area (Å²) in [7, 11) is 1.74. The van der Waals surface area contributed by atoms with E-state index in [0.29, 0.717) is 12.0 Å². The highest BCUT2D eigenvalue weighted by Crippen LogP contribution is 2.48. The molecule has 4 nitrogen and oxygen atoms in total. The standard InChI is InChI=1S/C14H27NO3/c1-4-6-12(13(16)18-5-2)15-11-14(7-8-14)9-10-17-3/h12,15H,4-11H2,1-3H3. The van der Waals surface area contributed by atoms with Crippen LogP contribution in [0.5, 0.6) is 0 Å². The van der Waals surface area contributed by atoms with E-state index in [1.54, 1.807) is 7.11 Å². The van der Waals surface area contributed by atoms with Gasteiger partial charge in [-0.05, 0) is 38.0 Å². The summed E-state index contributed by atoms with van der Waals surface area (Å²) in [4.78, 5) is 11.8.